The van der Waals surface area contributed by atoms with Crippen LogP contribution in [0.2, 0.25) is 0 Å². The molecular weight excluding hydrogens is 428 g/mol. The number of hydrogen-bond acceptors (Lipinski definition) is 6. The van der Waals surface area contributed by atoms with Gasteiger partial charge in [0.2, 0.25) is 0 Å². The lowest BCUT2D eigenvalue weighted by atomic mass is 10.0. The van der Waals surface area contributed by atoms with Crippen molar-refractivity contribution in [3.05, 3.63) is 51.1 Å². The standard InChI is InChI=1S/C26H38N6O2/c1-7-9-23(24-28-29-30-32(24)26(4,5)6)31(16-21-10-8-11-34-21)15-20-14-19-12-17(2)18(3)13-22(19)27-25(20)33/h12-14,21,23H,7-11,15-16H2,1-6H3,(H,27,33)/t21-,23+/m1/s1. The normalized spacial score (nSPS) is 17.7. The maximum atomic E-state index is 13.1. The predicted octanol–water partition coefficient (Wildman–Crippen LogP) is 4.41. The second-order valence-electron chi connectivity index (χ2n) is 10.6. The second kappa shape index (κ2) is 9.96. The zero-order valence-electron chi connectivity index (χ0n) is 21.4. The van der Waals surface area contributed by atoms with Gasteiger partial charge in [0.25, 0.3) is 5.56 Å². The largest absolute Gasteiger partial charge is 0.377 e. The van der Waals surface area contributed by atoms with Gasteiger partial charge in [0.05, 0.1) is 17.7 Å². The summed E-state index contributed by atoms with van der Waals surface area (Å²) < 4.78 is 7.93. The fourth-order valence-corrected chi connectivity index (χ4v) is 4.84. The highest BCUT2D eigenvalue weighted by atomic mass is 16.5. The first kappa shape index (κ1) is 24.5. The molecule has 0 radical (unpaired) electrons. The van der Waals surface area contributed by atoms with Crippen LogP contribution in [0.5, 0.6) is 0 Å². The molecule has 1 fully saturated rings. The number of rotatable bonds is 8. The van der Waals surface area contributed by atoms with E-state index in [2.05, 4.69) is 79.1 Å². The van der Waals surface area contributed by atoms with Crippen LogP contribution in [0.4, 0.5) is 0 Å². The smallest absolute Gasteiger partial charge is 0.252 e. The van der Waals surface area contributed by atoms with Crippen LogP contribution < -0.4 is 5.56 Å². The molecule has 0 unspecified atom stereocenters. The van der Waals surface area contributed by atoms with Gasteiger partial charge >= 0.3 is 0 Å². The summed E-state index contributed by atoms with van der Waals surface area (Å²) in [5.41, 5.74) is 3.74. The summed E-state index contributed by atoms with van der Waals surface area (Å²) in [6.07, 6.45) is 4.14. The van der Waals surface area contributed by atoms with Crippen molar-refractivity contribution in [1.82, 2.24) is 30.1 Å². The highest BCUT2D eigenvalue weighted by Crippen LogP contribution is 2.30. The first-order valence-electron chi connectivity index (χ1n) is 12.4. The number of fused-ring (bicyclic) bond motifs is 1. The van der Waals surface area contributed by atoms with E-state index in [4.69, 9.17) is 4.74 Å². The molecule has 34 heavy (non-hydrogen) atoms. The Bertz CT molecular complexity index is 1190. The van der Waals surface area contributed by atoms with Crippen LogP contribution in [0.15, 0.2) is 23.0 Å². The Morgan fingerprint density at radius 3 is 2.68 bits per heavy atom. The third kappa shape index (κ3) is 5.23. The number of hydrogen-bond donors (Lipinski definition) is 1. The zero-order valence-corrected chi connectivity index (χ0v) is 21.4. The van der Waals surface area contributed by atoms with Crippen molar-refractivity contribution in [2.75, 3.05) is 13.2 Å². The molecule has 0 amide bonds. The lowest BCUT2D eigenvalue weighted by Crippen LogP contribution is -2.39. The Hall–Kier alpha value is -2.58. The lowest BCUT2D eigenvalue weighted by molar-refractivity contribution is 0.0465. The topological polar surface area (TPSA) is 88.9 Å². The number of aryl methyl sites for hydroxylation is 2. The number of aromatic nitrogens is 5. The maximum Gasteiger partial charge on any atom is 0.252 e. The maximum absolute atomic E-state index is 13.1. The van der Waals surface area contributed by atoms with Gasteiger partial charge in [-0.25, -0.2) is 4.68 Å². The molecule has 2 aromatic heterocycles. The average molecular weight is 467 g/mol. The average Bonchev–Trinajstić information content (AvgIpc) is 3.45. The van der Waals surface area contributed by atoms with E-state index in [9.17, 15) is 4.79 Å². The molecule has 4 rings (SSSR count). The van der Waals surface area contributed by atoms with Gasteiger partial charge in [0.15, 0.2) is 5.82 Å². The van der Waals surface area contributed by atoms with Gasteiger partial charge in [-0.15, -0.1) is 5.10 Å². The van der Waals surface area contributed by atoms with Crippen LogP contribution in [0, 0.1) is 13.8 Å². The third-order valence-corrected chi connectivity index (χ3v) is 6.80. The number of benzene rings is 1. The Kier molecular flexibility index (Phi) is 7.19. The molecule has 8 nitrogen and oxygen atoms in total. The SMILES string of the molecule is CCC[C@@H](c1nnnn1C(C)(C)C)N(Cc1cc2cc(C)c(C)cc2[nH]c1=O)C[C@H]1CCCO1. The van der Waals surface area contributed by atoms with Gasteiger partial charge in [-0.05, 0) is 99.0 Å². The molecule has 1 aliphatic heterocycles. The van der Waals surface area contributed by atoms with Crippen molar-refractivity contribution in [1.29, 1.82) is 0 Å². The van der Waals surface area contributed by atoms with E-state index in [1.165, 1.54) is 11.1 Å². The van der Waals surface area contributed by atoms with Crippen molar-refractivity contribution >= 4 is 10.9 Å². The fraction of sp³-hybridized carbons (Fsp3) is 0.615. The van der Waals surface area contributed by atoms with E-state index in [1.807, 2.05) is 10.7 Å². The molecule has 184 valence electrons. The number of pyridine rings is 1. The highest BCUT2D eigenvalue weighted by molar-refractivity contribution is 5.80. The van der Waals surface area contributed by atoms with E-state index in [-0.39, 0.29) is 23.2 Å². The van der Waals surface area contributed by atoms with Gasteiger partial charge in [-0.3, -0.25) is 9.69 Å². The van der Waals surface area contributed by atoms with Gasteiger partial charge in [0.1, 0.15) is 0 Å². The first-order valence-corrected chi connectivity index (χ1v) is 12.4. The minimum atomic E-state index is -0.240. The number of H-pyrrole nitrogens is 1. The van der Waals surface area contributed by atoms with Crippen LogP contribution in [0.25, 0.3) is 10.9 Å². The zero-order chi connectivity index (χ0) is 24.5. The summed E-state index contributed by atoms with van der Waals surface area (Å²) >= 11 is 0. The quantitative estimate of drug-likeness (QED) is 0.529. The van der Waals surface area contributed by atoms with Crippen LogP contribution in [0.1, 0.15) is 81.9 Å². The Labute approximate surface area is 201 Å². The van der Waals surface area contributed by atoms with Crippen LogP contribution in [-0.2, 0) is 16.8 Å². The molecule has 1 saturated heterocycles. The predicted molar refractivity (Wildman–Crippen MR) is 134 cm³/mol. The van der Waals surface area contributed by atoms with Crippen molar-refractivity contribution in [3.63, 3.8) is 0 Å². The van der Waals surface area contributed by atoms with Crippen LogP contribution >= 0.6 is 0 Å². The molecule has 0 saturated carbocycles. The Balaban J connectivity index is 1.75. The molecular formula is C26H38N6O2. The summed E-state index contributed by atoms with van der Waals surface area (Å²) in [4.78, 5) is 18.6. The molecule has 8 heteroatoms. The van der Waals surface area contributed by atoms with Gasteiger partial charge in [0, 0.05) is 30.8 Å². The van der Waals surface area contributed by atoms with Crippen LogP contribution in [0.3, 0.4) is 0 Å². The molecule has 1 aliphatic rings. The van der Waals surface area contributed by atoms with Crippen molar-refractivity contribution < 1.29 is 4.74 Å². The van der Waals surface area contributed by atoms with E-state index < -0.39 is 0 Å². The number of aromatic amines is 1. The summed E-state index contributed by atoms with van der Waals surface area (Å²) in [7, 11) is 0. The van der Waals surface area contributed by atoms with Gasteiger partial charge < -0.3 is 9.72 Å². The third-order valence-electron chi connectivity index (χ3n) is 6.80. The van der Waals surface area contributed by atoms with E-state index in [1.54, 1.807) is 0 Å². The monoisotopic (exact) mass is 466 g/mol. The molecule has 1 aromatic carbocycles. The van der Waals surface area contributed by atoms with Gasteiger partial charge in [-0.1, -0.05) is 13.3 Å². The fourth-order valence-electron chi connectivity index (χ4n) is 4.84. The molecule has 0 bridgehead atoms. The molecule has 3 aromatic rings. The van der Waals surface area contributed by atoms with Gasteiger partial charge in [-0.2, -0.15) is 0 Å². The molecule has 0 aliphatic carbocycles. The minimum absolute atomic E-state index is 0.0155. The molecule has 0 spiro atoms. The summed E-state index contributed by atoms with van der Waals surface area (Å²) in [5, 5.41) is 13.9. The molecule has 2 atom stereocenters. The molecule has 1 N–H and O–H groups in total. The van der Waals surface area contributed by atoms with Crippen molar-refractivity contribution in [2.24, 2.45) is 0 Å². The highest BCUT2D eigenvalue weighted by Gasteiger charge is 2.32. The number of ether oxygens (including phenoxy) is 1. The first-order chi connectivity index (χ1) is 16.2. The Morgan fingerprint density at radius 2 is 2.00 bits per heavy atom. The van der Waals surface area contributed by atoms with E-state index in [0.29, 0.717) is 6.54 Å². The van der Waals surface area contributed by atoms with Crippen molar-refractivity contribution in [3.8, 4) is 0 Å². The summed E-state index contributed by atoms with van der Waals surface area (Å²) in [6, 6.07) is 6.23. The summed E-state index contributed by atoms with van der Waals surface area (Å²) in [6.45, 7) is 14.7. The minimum Gasteiger partial charge on any atom is -0.377 e. The van der Waals surface area contributed by atoms with E-state index >= 15 is 0 Å². The number of tetrazole rings is 1. The molecule has 3 heterocycles. The van der Waals surface area contributed by atoms with E-state index in [0.717, 1.165) is 61.1 Å². The number of nitrogens with one attached hydrogen (secondary N) is 1. The second-order valence-corrected chi connectivity index (χ2v) is 10.6. The Morgan fingerprint density at radius 1 is 1.24 bits per heavy atom. The number of nitrogens with zero attached hydrogens (tertiary/aromatic N) is 5. The van der Waals surface area contributed by atoms with Crippen LogP contribution in [-0.4, -0.2) is 49.3 Å². The lowest BCUT2D eigenvalue weighted by Gasteiger charge is -2.34. The van der Waals surface area contributed by atoms with Crippen molar-refractivity contribution in [2.45, 2.75) is 91.5 Å². The summed E-state index contributed by atoms with van der Waals surface area (Å²) in [5.74, 6) is 0.844.